The number of alkyl halides is 1. The van der Waals surface area contributed by atoms with E-state index in [0.717, 1.165) is 18.9 Å². The normalized spacial score (nSPS) is 11.2. The number of aromatic nitrogens is 3. The summed E-state index contributed by atoms with van der Waals surface area (Å²) in [5.41, 5.74) is 0. The zero-order valence-corrected chi connectivity index (χ0v) is 11.6. The molecule has 1 aromatic rings. The lowest BCUT2D eigenvalue weighted by Gasteiger charge is -2.09. The molecule has 0 fully saturated rings. The minimum Gasteiger partial charge on any atom is -0.310 e. The summed E-state index contributed by atoms with van der Waals surface area (Å²) in [6.07, 6.45) is 4.14. The van der Waals surface area contributed by atoms with Crippen molar-refractivity contribution in [1.82, 2.24) is 20.1 Å². The topological polar surface area (TPSA) is 42.7 Å². The van der Waals surface area contributed by atoms with Crippen molar-refractivity contribution in [3.8, 4) is 0 Å². The van der Waals surface area contributed by atoms with Crippen molar-refractivity contribution in [2.24, 2.45) is 0 Å². The van der Waals surface area contributed by atoms with Crippen molar-refractivity contribution in [3.05, 3.63) is 12.2 Å². The van der Waals surface area contributed by atoms with E-state index in [9.17, 15) is 0 Å². The third-order valence-electron chi connectivity index (χ3n) is 2.16. The first-order valence-electron chi connectivity index (χ1n) is 5.40. The molecule has 1 rings (SSSR count). The maximum Gasteiger partial charge on any atom is 0.141 e. The first-order chi connectivity index (χ1) is 7.25. The Morgan fingerprint density at radius 1 is 1.47 bits per heavy atom. The molecular formula is C10H19IN4. The van der Waals surface area contributed by atoms with Crippen LogP contribution in [0, 0.1) is 0 Å². The maximum absolute atomic E-state index is 4.24. The summed E-state index contributed by atoms with van der Waals surface area (Å²) in [7, 11) is 0. The number of nitrogens with zero attached hydrogens (tertiary/aromatic N) is 3. The fourth-order valence-corrected chi connectivity index (χ4v) is 1.92. The van der Waals surface area contributed by atoms with Crippen LogP contribution in [0.1, 0.15) is 38.6 Å². The zero-order valence-electron chi connectivity index (χ0n) is 9.41. The number of unbranched alkanes of at least 4 members (excludes halogenated alkanes) is 1. The molecule has 0 saturated heterocycles. The van der Waals surface area contributed by atoms with Crippen LogP contribution < -0.4 is 5.32 Å². The second kappa shape index (κ2) is 7.16. The van der Waals surface area contributed by atoms with Gasteiger partial charge in [0.2, 0.25) is 0 Å². The quantitative estimate of drug-likeness (QED) is 0.475. The van der Waals surface area contributed by atoms with Gasteiger partial charge < -0.3 is 5.32 Å². The minimum absolute atomic E-state index is 0.388. The van der Waals surface area contributed by atoms with Crippen LogP contribution in [-0.2, 0) is 6.54 Å². The third-order valence-corrected chi connectivity index (χ3v) is 2.92. The summed E-state index contributed by atoms with van der Waals surface area (Å²) >= 11 is 2.41. The molecule has 0 saturated carbocycles. The van der Waals surface area contributed by atoms with Crippen molar-refractivity contribution >= 4 is 22.6 Å². The van der Waals surface area contributed by atoms with Gasteiger partial charge in [-0.1, -0.05) is 22.6 Å². The molecule has 86 valence electrons. The van der Waals surface area contributed by atoms with Crippen LogP contribution in [0.5, 0.6) is 0 Å². The Morgan fingerprint density at radius 2 is 2.27 bits per heavy atom. The number of rotatable bonds is 7. The van der Waals surface area contributed by atoms with Gasteiger partial charge in [0.15, 0.2) is 0 Å². The van der Waals surface area contributed by atoms with Gasteiger partial charge in [0.25, 0.3) is 0 Å². The highest BCUT2D eigenvalue weighted by atomic mass is 127. The van der Waals surface area contributed by atoms with E-state index in [-0.39, 0.29) is 0 Å². The Labute approximate surface area is 105 Å². The molecule has 1 aromatic heterocycles. The Kier molecular flexibility index (Phi) is 6.16. The average molecular weight is 322 g/mol. The van der Waals surface area contributed by atoms with E-state index in [1.807, 2.05) is 4.68 Å². The van der Waals surface area contributed by atoms with Gasteiger partial charge >= 0.3 is 0 Å². The van der Waals surface area contributed by atoms with E-state index in [2.05, 4.69) is 51.8 Å². The summed E-state index contributed by atoms with van der Waals surface area (Å²) in [6, 6.07) is 0.388. The minimum atomic E-state index is 0.388. The van der Waals surface area contributed by atoms with Crippen molar-refractivity contribution in [1.29, 1.82) is 0 Å². The standard InChI is InChI=1S/C10H19IN4/c1-9(2)15-10(13-8-14-15)7-12-6-4-3-5-11/h8-9,12H,3-7H2,1-2H3. The molecule has 0 aliphatic carbocycles. The summed E-state index contributed by atoms with van der Waals surface area (Å²) < 4.78 is 3.20. The van der Waals surface area contributed by atoms with Gasteiger partial charge in [0.1, 0.15) is 12.2 Å². The highest BCUT2D eigenvalue weighted by molar-refractivity contribution is 14.1. The van der Waals surface area contributed by atoms with Crippen molar-refractivity contribution in [3.63, 3.8) is 0 Å². The molecule has 0 atom stereocenters. The van der Waals surface area contributed by atoms with Crippen molar-refractivity contribution in [2.45, 2.75) is 39.3 Å². The van der Waals surface area contributed by atoms with E-state index in [0.29, 0.717) is 6.04 Å². The van der Waals surface area contributed by atoms with E-state index in [4.69, 9.17) is 0 Å². The summed E-state index contributed by atoms with van der Waals surface area (Å²) in [5, 5.41) is 7.59. The van der Waals surface area contributed by atoms with Crippen LogP contribution >= 0.6 is 22.6 Å². The lowest BCUT2D eigenvalue weighted by molar-refractivity contribution is 0.488. The van der Waals surface area contributed by atoms with E-state index < -0.39 is 0 Å². The lowest BCUT2D eigenvalue weighted by atomic mass is 10.3. The van der Waals surface area contributed by atoms with E-state index >= 15 is 0 Å². The largest absolute Gasteiger partial charge is 0.310 e. The SMILES string of the molecule is CC(C)n1ncnc1CNCCCCI. The van der Waals surface area contributed by atoms with E-state index in [1.165, 1.54) is 17.3 Å². The first-order valence-corrected chi connectivity index (χ1v) is 6.93. The fraction of sp³-hybridized carbons (Fsp3) is 0.800. The molecule has 5 heteroatoms. The van der Waals surface area contributed by atoms with E-state index in [1.54, 1.807) is 6.33 Å². The molecule has 0 aromatic carbocycles. The Bertz CT molecular complexity index is 272. The molecule has 4 nitrogen and oxygen atoms in total. The van der Waals surface area contributed by atoms with Crippen molar-refractivity contribution < 1.29 is 0 Å². The van der Waals surface area contributed by atoms with Crippen LogP contribution in [0.2, 0.25) is 0 Å². The van der Waals surface area contributed by atoms with Gasteiger partial charge in [-0.3, -0.25) is 0 Å². The molecule has 0 bridgehead atoms. The first kappa shape index (κ1) is 12.9. The molecule has 0 amide bonds. The molecule has 15 heavy (non-hydrogen) atoms. The predicted molar refractivity (Wildman–Crippen MR) is 70.2 cm³/mol. The van der Waals surface area contributed by atoms with Crippen LogP contribution in [0.25, 0.3) is 0 Å². The molecule has 0 aliphatic heterocycles. The number of hydrogen-bond donors (Lipinski definition) is 1. The van der Waals surface area contributed by atoms with Gasteiger partial charge in [-0.25, -0.2) is 9.67 Å². The maximum atomic E-state index is 4.24. The van der Waals surface area contributed by atoms with Gasteiger partial charge in [0.05, 0.1) is 6.54 Å². The van der Waals surface area contributed by atoms with Crippen LogP contribution in [0.4, 0.5) is 0 Å². The van der Waals surface area contributed by atoms with Crippen molar-refractivity contribution in [2.75, 3.05) is 11.0 Å². The Balaban J connectivity index is 2.28. The molecule has 0 unspecified atom stereocenters. The molecule has 0 radical (unpaired) electrons. The monoisotopic (exact) mass is 322 g/mol. The smallest absolute Gasteiger partial charge is 0.141 e. The molecule has 1 N–H and O–H groups in total. The second-order valence-corrected chi connectivity index (χ2v) is 4.87. The number of hydrogen-bond acceptors (Lipinski definition) is 3. The van der Waals surface area contributed by atoms with Crippen LogP contribution in [0.15, 0.2) is 6.33 Å². The lowest BCUT2D eigenvalue weighted by Crippen LogP contribution is -2.19. The second-order valence-electron chi connectivity index (χ2n) is 3.79. The summed E-state index contributed by atoms with van der Waals surface area (Å²) in [4.78, 5) is 4.24. The summed E-state index contributed by atoms with van der Waals surface area (Å²) in [5.74, 6) is 1.03. The number of nitrogens with one attached hydrogen (secondary N) is 1. The molecule has 1 heterocycles. The number of halogens is 1. The average Bonchev–Trinajstić information content (AvgIpc) is 2.66. The predicted octanol–water partition coefficient (Wildman–Crippen LogP) is 2.16. The molecule has 0 spiro atoms. The zero-order chi connectivity index (χ0) is 11.1. The van der Waals surface area contributed by atoms with Crippen LogP contribution in [-0.4, -0.2) is 25.7 Å². The Hall–Kier alpha value is -0.170. The highest BCUT2D eigenvalue weighted by Gasteiger charge is 2.05. The summed E-state index contributed by atoms with van der Waals surface area (Å²) in [6.45, 7) is 6.12. The van der Waals surface area contributed by atoms with Crippen LogP contribution in [0.3, 0.4) is 0 Å². The highest BCUT2D eigenvalue weighted by Crippen LogP contribution is 2.04. The van der Waals surface area contributed by atoms with Gasteiger partial charge in [-0.15, -0.1) is 0 Å². The third kappa shape index (κ3) is 4.46. The Morgan fingerprint density at radius 3 is 2.93 bits per heavy atom. The van der Waals surface area contributed by atoms with Gasteiger partial charge in [-0.05, 0) is 37.7 Å². The molecular weight excluding hydrogens is 303 g/mol. The van der Waals surface area contributed by atoms with Gasteiger partial charge in [0, 0.05) is 6.04 Å². The molecule has 0 aliphatic rings. The van der Waals surface area contributed by atoms with Gasteiger partial charge in [-0.2, -0.15) is 5.10 Å². The fourth-order valence-electron chi connectivity index (χ4n) is 1.38.